The van der Waals surface area contributed by atoms with Gasteiger partial charge >= 0.3 is 0 Å². The number of rotatable bonds is 7. The van der Waals surface area contributed by atoms with Gasteiger partial charge < -0.3 is 0 Å². The molecule has 1 rings (SSSR count). The van der Waals surface area contributed by atoms with Crippen molar-refractivity contribution in [2.75, 3.05) is 12.3 Å². The summed E-state index contributed by atoms with van der Waals surface area (Å²) in [6.45, 7) is 2.18. The third-order valence-electron chi connectivity index (χ3n) is 2.44. The lowest BCUT2D eigenvalue weighted by molar-refractivity contribution is 0.574. The maximum absolute atomic E-state index is 13.2. The zero-order valence-corrected chi connectivity index (χ0v) is 10.8. The molecule has 3 nitrogen and oxygen atoms in total. The van der Waals surface area contributed by atoms with Gasteiger partial charge in [0.15, 0.2) is 0 Å². The Balaban J connectivity index is 2.40. The zero-order valence-electron chi connectivity index (χ0n) is 9.95. The van der Waals surface area contributed by atoms with E-state index in [2.05, 4.69) is 4.72 Å². The molecule has 0 unspecified atom stereocenters. The quantitative estimate of drug-likeness (QED) is 0.815. The molecule has 0 saturated heterocycles. The fraction of sp³-hybridized carbons (Fsp3) is 0.500. The summed E-state index contributed by atoms with van der Waals surface area (Å²) < 4.78 is 38.6. The summed E-state index contributed by atoms with van der Waals surface area (Å²) in [5.74, 6) is -0.152. The number of unbranched alkanes of at least 4 members (excludes halogenated alkanes) is 1. The van der Waals surface area contributed by atoms with Gasteiger partial charge in [-0.15, -0.1) is 0 Å². The first-order valence-corrected chi connectivity index (χ1v) is 7.41. The van der Waals surface area contributed by atoms with Gasteiger partial charge in [-0.3, -0.25) is 0 Å². The summed E-state index contributed by atoms with van der Waals surface area (Å²) in [6.07, 6.45) is 1.86. The molecular formula is C12H18FNO2S. The molecule has 0 amide bonds. The van der Waals surface area contributed by atoms with Crippen LogP contribution in [0.5, 0.6) is 0 Å². The lowest BCUT2D eigenvalue weighted by Crippen LogP contribution is -2.28. The van der Waals surface area contributed by atoms with Gasteiger partial charge in [-0.2, -0.15) is 0 Å². The van der Waals surface area contributed by atoms with Crippen LogP contribution in [0.1, 0.15) is 25.3 Å². The second kappa shape index (κ2) is 6.71. The number of halogens is 1. The second-order valence-electron chi connectivity index (χ2n) is 3.91. The summed E-state index contributed by atoms with van der Waals surface area (Å²) in [4.78, 5) is 0. The third kappa shape index (κ3) is 5.28. The molecule has 96 valence electrons. The predicted octanol–water partition coefficient (Wildman–Crippen LogP) is 2.09. The van der Waals surface area contributed by atoms with E-state index < -0.39 is 10.0 Å². The van der Waals surface area contributed by atoms with Crippen molar-refractivity contribution in [1.82, 2.24) is 4.72 Å². The molecular weight excluding hydrogens is 241 g/mol. The van der Waals surface area contributed by atoms with Gasteiger partial charge in [-0.25, -0.2) is 17.5 Å². The SMILES string of the molecule is CCCCS(=O)(=O)NCCc1ccccc1F. The molecule has 0 aliphatic carbocycles. The van der Waals surface area contributed by atoms with Crippen LogP contribution in [0.4, 0.5) is 4.39 Å². The molecule has 0 aliphatic rings. The van der Waals surface area contributed by atoms with Crippen molar-refractivity contribution in [2.24, 2.45) is 0 Å². The highest BCUT2D eigenvalue weighted by Gasteiger charge is 2.09. The summed E-state index contributed by atoms with van der Waals surface area (Å²) in [5.41, 5.74) is 0.533. The van der Waals surface area contributed by atoms with Crippen LogP contribution in [0.25, 0.3) is 0 Å². The molecule has 0 atom stereocenters. The molecule has 0 aromatic heterocycles. The van der Waals surface area contributed by atoms with Crippen LogP contribution in [0.3, 0.4) is 0 Å². The van der Waals surface area contributed by atoms with Crippen LogP contribution < -0.4 is 4.72 Å². The molecule has 0 saturated carbocycles. The standard InChI is InChI=1S/C12H18FNO2S/c1-2-3-10-17(15,16)14-9-8-11-6-4-5-7-12(11)13/h4-7,14H,2-3,8-10H2,1H3. The maximum Gasteiger partial charge on any atom is 0.211 e. The van der Waals surface area contributed by atoms with E-state index in [1.165, 1.54) is 6.07 Å². The largest absolute Gasteiger partial charge is 0.215 e. The molecule has 1 aromatic rings. The molecule has 17 heavy (non-hydrogen) atoms. The second-order valence-corrected chi connectivity index (χ2v) is 5.83. The Hall–Kier alpha value is -0.940. The number of nitrogens with one attached hydrogen (secondary N) is 1. The normalized spacial score (nSPS) is 11.6. The Morgan fingerprint density at radius 3 is 2.65 bits per heavy atom. The number of benzene rings is 1. The van der Waals surface area contributed by atoms with Gasteiger partial charge in [-0.05, 0) is 24.5 Å². The lowest BCUT2D eigenvalue weighted by Gasteiger charge is -2.06. The summed E-state index contributed by atoms with van der Waals surface area (Å²) >= 11 is 0. The first-order chi connectivity index (χ1) is 8.05. The first kappa shape index (κ1) is 14.1. The van der Waals surface area contributed by atoms with Gasteiger partial charge in [0.2, 0.25) is 10.0 Å². The van der Waals surface area contributed by atoms with E-state index in [0.717, 1.165) is 6.42 Å². The summed E-state index contributed by atoms with van der Waals surface area (Å²) in [7, 11) is -3.20. The fourth-order valence-electron chi connectivity index (χ4n) is 1.45. The monoisotopic (exact) mass is 259 g/mol. The van der Waals surface area contributed by atoms with Crippen molar-refractivity contribution in [2.45, 2.75) is 26.2 Å². The van der Waals surface area contributed by atoms with Gasteiger partial charge in [0.05, 0.1) is 5.75 Å². The number of hydrogen-bond donors (Lipinski definition) is 1. The molecule has 0 radical (unpaired) electrons. The van der Waals surface area contributed by atoms with E-state index in [1.807, 2.05) is 6.92 Å². The van der Waals surface area contributed by atoms with Crippen molar-refractivity contribution in [3.05, 3.63) is 35.6 Å². The van der Waals surface area contributed by atoms with Crippen LogP contribution in [0.2, 0.25) is 0 Å². The topological polar surface area (TPSA) is 46.2 Å². The molecule has 0 aliphatic heterocycles. The smallest absolute Gasteiger partial charge is 0.211 e. The Labute approximate surface area is 102 Å². The Morgan fingerprint density at radius 2 is 2.00 bits per heavy atom. The van der Waals surface area contributed by atoms with Gasteiger partial charge in [0, 0.05) is 6.54 Å². The average molecular weight is 259 g/mol. The minimum absolute atomic E-state index is 0.140. The van der Waals surface area contributed by atoms with Gasteiger partial charge in [0.1, 0.15) is 5.82 Å². The molecule has 0 bridgehead atoms. The third-order valence-corrected chi connectivity index (χ3v) is 3.91. The minimum Gasteiger partial charge on any atom is -0.215 e. The van der Waals surface area contributed by atoms with Crippen LogP contribution in [-0.2, 0) is 16.4 Å². The Kier molecular flexibility index (Phi) is 5.58. The van der Waals surface area contributed by atoms with Crippen molar-refractivity contribution in [3.63, 3.8) is 0 Å². The molecule has 0 fully saturated rings. The molecule has 1 aromatic carbocycles. The highest BCUT2D eigenvalue weighted by atomic mass is 32.2. The maximum atomic E-state index is 13.2. The molecule has 5 heteroatoms. The first-order valence-electron chi connectivity index (χ1n) is 5.76. The van der Waals surface area contributed by atoms with Crippen molar-refractivity contribution < 1.29 is 12.8 Å². The van der Waals surface area contributed by atoms with Crippen molar-refractivity contribution in [1.29, 1.82) is 0 Å². The van der Waals surface area contributed by atoms with Gasteiger partial charge in [-0.1, -0.05) is 31.5 Å². The summed E-state index contributed by atoms with van der Waals surface area (Å²) in [5, 5.41) is 0. The van der Waals surface area contributed by atoms with Crippen LogP contribution in [-0.4, -0.2) is 20.7 Å². The van der Waals surface area contributed by atoms with E-state index in [0.29, 0.717) is 18.4 Å². The van der Waals surface area contributed by atoms with E-state index in [1.54, 1.807) is 18.2 Å². The lowest BCUT2D eigenvalue weighted by atomic mass is 10.1. The summed E-state index contributed by atoms with van der Waals surface area (Å²) in [6, 6.07) is 6.39. The van der Waals surface area contributed by atoms with Crippen molar-refractivity contribution in [3.8, 4) is 0 Å². The molecule has 0 heterocycles. The van der Waals surface area contributed by atoms with E-state index >= 15 is 0 Å². The molecule has 0 spiro atoms. The highest BCUT2D eigenvalue weighted by Crippen LogP contribution is 2.06. The minimum atomic E-state index is -3.20. The van der Waals surface area contributed by atoms with Gasteiger partial charge in [0.25, 0.3) is 0 Å². The van der Waals surface area contributed by atoms with E-state index in [-0.39, 0.29) is 18.1 Å². The molecule has 1 N–H and O–H groups in total. The van der Waals surface area contributed by atoms with Crippen LogP contribution in [0, 0.1) is 5.82 Å². The number of hydrogen-bond acceptors (Lipinski definition) is 2. The van der Waals surface area contributed by atoms with E-state index in [4.69, 9.17) is 0 Å². The Morgan fingerprint density at radius 1 is 1.29 bits per heavy atom. The van der Waals surface area contributed by atoms with Crippen LogP contribution in [0.15, 0.2) is 24.3 Å². The predicted molar refractivity (Wildman–Crippen MR) is 66.8 cm³/mol. The fourth-order valence-corrected chi connectivity index (χ4v) is 2.67. The Bertz CT molecular complexity index is 446. The highest BCUT2D eigenvalue weighted by molar-refractivity contribution is 7.89. The van der Waals surface area contributed by atoms with Crippen LogP contribution >= 0.6 is 0 Å². The average Bonchev–Trinajstić information content (AvgIpc) is 2.29. The van der Waals surface area contributed by atoms with E-state index in [9.17, 15) is 12.8 Å². The zero-order chi connectivity index (χ0) is 12.7. The number of sulfonamides is 1. The van der Waals surface area contributed by atoms with Crippen molar-refractivity contribution >= 4 is 10.0 Å².